The second-order valence-corrected chi connectivity index (χ2v) is 13.7. The van der Waals surface area contributed by atoms with E-state index in [9.17, 15) is 24.0 Å². The number of fused-ring (bicyclic) bond motifs is 1. The first-order valence-corrected chi connectivity index (χ1v) is 15.6. The quantitative estimate of drug-likeness (QED) is 0.162. The van der Waals surface area contributed by atoms with Gasteiger partial charge in [-0.3, -0.25) is 14.6 Å². The molecule has 0 saturated carbocycles. The van der Waals surface area contributed by atoms with E-state index < -0.39 is 63.1 Å². The van der Waals surface area contributed by atoms with Gasteiger partial charge in [-0.05, 0) is 43.0 Å². The largest absolute Gasteiger partial charge is 0.465 e. The first kappa shape index (κ1) is 32.8. The molecule has 0 bridgehead atoms. The van der Waals surface area contributed by atoms with E-state index >= 15 is 0 Å². The maximum absolute atomic E-state index is 14.7. The van der Waals surface area contributed by atoms with E-state index in [2.05, 4.69) is 15.4 Å². The molecular formula is C28H39FN5O8P. The standard InChI is InChI=1S/C28H39FN5O8P/c1-18(26(37)39-13-12-27(2,3)4)32-17-43(38,42-19-8-6-5-7-9-19)40-15-28(14-29)24(36)22(35)23(41-28)20-10-11-21-25(30)31-16-33-34(20)21/h5-11,16,18,22-24,32,35-36H,12-15,17H2,1-4H3,(H2,30,31,33)/t18-,22-,23-,24-,28+,43?/m0/s1. The lowest BCUT2D eigenvalue weighted by Gasteiger charge is -2.31. The Hall–Kier alpha value is -3.13. The second-order valence-electron chi connectivity index (χ2n) is 11.7. The van der Waals surface area contributed by atoms with Crippen molar-refractivity contribution in [1.29, 1.82) is 0 Å². The van der Waals surface area contributed by atoms with E-state index in [4.69, 9.17) is 24.3 Å². The van der Waals surface area contributed by atoms with Crippen molar-refractivity contribution in [2.75, 3.05) is 31.9 Å². The van der Waals surface area contributed by atoms with E-state index in [-0.39, 0.29) is 29.3 Å². The van der Waals surface area contributed by atoms with Crippen LogP contribution in [0.25, 0.3) is 5.52 Å². The summed E-state index contributed by atoms with van der Waals surface area (Å²) in [4.78, 5) is 16.4. The number of esters is 1. The molecular weight excluding hydrogens is 584 g/mol. The minimum atomic E-state index is -4.17. The van der Waals surface area contributed by atoms with Gasteiger partial charge in [-0.15, -0.1) is 0 Å². The third-order valence-corrected chi connectivity index (χ3v) is 8.68. The van der Waals surface area contributed by atoms with Crippen molar-refractivity contribution in [1.82, 2.24) is 19.9 Å². The number of para-hydroxylation sites is 1. The van der Waals surface area contributed by atoms with Crippen molar-refractivity contribution >= 4 is 24.9 Å². The Kier molecular flexibility index (Phi) is 10.1. The van der Waals surface area contributed by atoms with Crippen LogP contribution >= 0.6 is 7.60 Å². The molecule has 1 aliphatic rings. The number of halogens is 1. The molecule has 1 aromatic carbocycles. The molecule has 0 radical (unpaired) electrons. The lowest BCUT2D eigenvalue weighted by molar-refractivity contribution is -0.146. The highest BCUT2D eigenvalue weighted by Crippen LogP contribution is 2.50. The number of hydrogen-bond acceptors (Lipinski definition) is 12. The van der Waals surface area contributed by atoms with Crippen molar-refractivity contribution in [2.45, 2.75) is 64.1 Å². The SMILES string of the molecule is C[C@H](NCP(=O)(OC[C@@]1(CF)O[C@@H](c2ccc3c(N)ncnn23)[C@H](O)[C@@H]1O)Oc1ccccc1)C(=O)OCCC(C)(C)C. The number of nitrogens with one attached hydrogen (secondary N) is 1. The van der Waals surface area contributed by atoms with Crippen LogP contribution in [-0.2, 0) is 23.4 Å². The lowest BCUT2D eigenvalue weighted by Crippen LogP contribution is -2.49. The third kappa shape index (κ3) is 7.69. The minimum absolute atomic E-state index is 0.0223. The molecule has 2 aromatic heterocycles. The summed E-state index contributed by atoms with van der Waals surface area (Å²) in [6, 6.07) is 10.5. The zero-order valence-electron chi connectivity index (χ0n) is 24.6. The van der Waals surface area contributed by atoms with Gasteiger partial charge < -0.3 is 29.9 Å². The number of nitrogen functional groups attached to an aromatic ring is 1. The molecule has 6 atom stereocenters. The summed E-state index contributed by atoms with van der Waals surface area (Å²) in [5.74, 6) is -0.182. The summed E-state index contributed by atoms with van der Waals surface area (Å²) >= 11 is 0. The van der Waals surface area contributed by atoms with E-state index in [1.165, 1.54) is 17.8 Å². The zero-order valence-corrected chi connectivity index (χ0v) is 25.4. The van der Waals surface area contributed by atoms with Crippen LogP contribution in [0.2, 0.25) is 0 Å². The average Bonchev–Trinajstić information content (AvgIpc) is 3.50. The van der Waals surface area contributed by atoms with E-state index in [1.807, 2.05) is 20.8 Å². The number of rotatable bonds is 13. The smallest absolute Gasteiger partial charge is 0.393 e. The predicted octanol–water partition coefficient (Wildman–Crippen LogP) is 3.02. The Morgan fingerprint density at radius 1 is 1.26 bits per heavy atom. The minimum Gasteiger partial charge on any atom is -0.465 e. The maximum atomic E-state index is 14.7. The highest BCUT2D eigenvalue weighted by Gasteiger charge is 2.56. The van der Waals surface area contributed by atoms with Crippen molar-refractivity contribution in [3.63, 3.8) is 0 Å². The summed E-state index contributed by atoms with van der Waals surface area (Å²) in [5, 5.41) is 28.8. The Labute approximate surface area is 249 Å². The zero-order chi connectivity index (χ0) is 31.4. The molecule has 0 aliphatic carbocycles. The highest BCUT2D eigenvalue weighted by atomic mass is 31.2. The molecule has 0 amide bonds. The normalized spacial score (nSPS) is 24.5. The van der Waals surface area contributed by atoms with Gasteiger partial charge in [0.2, 0.25) is 0 Å². The van der Waals surface area contributed by atoms with Gasteiger partial charge in [0.1, 0.15) is 60.5 Å². The molecule has 0 spiro atoms. The topological polar surface area (TPSA) is 180 Å². The van der Waals surface area contributed by atoms with Gasteiger partial charge >= 0.3 is 13.6 Å². The summed E-state index contributed by atoms with van der Waals surface area (Å²) in [6.07, 6.45) is -3.20. The monoisotopic (exact) mass is 623 g/mol. The number of alkyl halides is 1. The molecule has 5 N–H and O–H groups in total. The van der Waals surface area contributed by atoms with Gasteiger partial charge in [0.15, 0.2) is 5.82 Å². The van der Waals surface area contributed by atoms with Gasteiger partial charge in [0.05, 0.1) is 18.9 Å². The Morgan fingerprint density at radius 3 is 2.65 bits per heavy atom. The van der Waals surface area contributed by atoms with Gasteiger partial charge in [-0.1, -0.05) is 39.0 Å². The number of ether oxygens (including phenoxy) is 2. The Bertz CT molecular complexity index is 1440. The van der Waals surface area contributed by atoms with Crippen LogP contribution in [0.15, 0.2) is 48.8 Å². The molecule has 1 aliphatic heterocycles. The number of aliphatic hydroxyl groups excluding tert-OH is 2. The van der Waals surface area contributed by atoms with Crippen LogP contribution in [0.3, 0.4) is 0 Å². The number of nitrogens with zero attached hydrogens (tertiary/aromatic N) is 3. The third-order valence-electron chi connectivity index (χ3n) is 7.10. The summed E-state index contributed by atoms with van der Waals surface area (Å²) in [5.41, 5.74) is 4.47. The van der Waals surface area contributed by atoms with Crippen LogP contribution < -0.4 is 15.6 Å². The Morgan fingerprint density at radius 2 is 1.98 bits per heavy atom. The van der Waals surface area contributed by atoms with Crippen molar-refractivity contribution in [2.24, 2.45) is 5.41 Å². The van der Waals surface area contributed by atoms with Crippen LogP contribution in [0.1, 0.15) is 45.9 Å². The molecule has 3 heterocycles. The molecule has 1 fully saturated rings. The number of carbonyl (C=O) groups is 1. The van der Waals surface area contributed by atoms with Crippen LogP contribution in [0.5, 0.6) is 5.75 Å². The molecule has 3 aromatic rings. The number of nitrogens with two attached hydrogens (primary N) is 1. The Balaban J connectivity index is 1.49. The van der Waals surface area contributed by atoms with E-state index in [0.717, 1.165) is 0 Å². The predicted molar refractivity (Wildman–Crippen MR) is 155 cm³/mol. The van der Waals surface area contributed by atoms with Gasteiger partial charge in [0, 0.05) is 0 Å². The van der Waals surface area contributed by atoms with Crippen LogP contribution in [0, 0.1) is 5.41 Å². The summed E-state index contributed by atoms with van der Waals surface area (Å²) < 4.78 is 52.6. The van der Waals surface area contributed by atoms with Crippen molar-refractivity contribution in [3.8, 4) is 5.75 Å². The molecule has 15 heteroatoms. The first-order chi connectivity index (χ1) is 20.3. The van der Waals surface area contributed by atoms with E-state index in [0.29, 0.717) is 11.9 Å². The number of anilines is 1. The number of benzene rings is 1. The highest BCUT2D eigenvalue weighted by molar-refractivity contribution is 7.54. The fourth-order valence-electron chi connectivity index (χ4n) is 4.43. The first-order valence-electron chi connectivity index (χ1n) is 13.8. The fourth-order valence-corrected chi connectivity index (χ4v) is 5.99. The number of carbonyl (C=O) groups excluding carboxylic acids is 1. The van der Waals surface area contributed by atoms with E-state index in [1.54, 1.807) is 42.5 Å². The molecule has 13 nitrogen and oxygen atoms in total. The van der Waals surface area contributed by atoms with Crippen LogP contribution in [0.4, 0.5) is 10.2 Å². The number of aliphatic hydroxyl groups is 2. The van der Waals surface area contributed by atoms with Crippen molar-refractivity contribution in [3.05, 3.63) is 54.5 Å². The van der Waals surface area contributed by atoms with Gasteiger partial charge in [-0.25, -0.2) is 18.5 Å². The number of hydrogen-bond donors (Lipinski definition) is 4. The number of aromatic nitrogens is 3. The van der Waals surface area contributed by atoms with Gasteiger partial charge in [-0.2, -0.15) is 5.10 Å². The fraction of sp³-hybridized carbons (Fsp3) is 0.536. The summed E-state index contributed by atoms with van der Waals surface area (Å²) in [6.45, 7) is 5.79. The van der Waals surface area contributed by atoms with Crippen LogP contribution in [-0.4, -0.2) is 80.8 Å². The average molecular weight is 624 g/mol. The lowest BCUT2D eigenvalue weighted by atomic mass is 9.93. The van der Waals surface area contributed by atoms with Crippen molar-refractivity contribution < 1.29 is 42.5 Å². The maximum Gasteiger partial charge on any atom is 0.393 e. The molecule has 4 rings (SSSR count). The van der Waals surface area contributed by atoms with Gasteiger partial charge in [0.25, 0.3) is 0 Å². The molecule has 236 valence electrons. The second kappa shape index (κ2) is 13.2. The molecule has 1 unspecified atom stereocenters. The molecule has 1 saturated heterocycles. The molecule has 43 heavy (non-hydrogen) atoms. The summed E-state index contributed by atoms with van der Waals surface area (Å²) in [7, 11) is -4.17.